The Bertz CT molecular complexity index is 4030. The summed E-state index contributed by atoms with van der Waals surface area (Å²) in [6, 6.07) is 62.6. The van der Waals surface area contributed by atoms with Crippen molar-refractivity contribution in [3.8, 4) is 33.6 Å². The molecule has 5 aromatic heterocycles. The van der Waals surface area contributed by atoms with E-state index in [1.54, 1.807) is 0 Å². The first kappa shape index (κ1) is 30.4. The largest absolute Gasteiger partial charge is 0.456 e. The van der Waals surface area contributed by atoms with E-state index in [0.29, 0.717) is 0 Å². The van der Waals surface area contributed by atoms with Crippen molar-refractivity contribution >= 4 is 100 Å². The van der Waals surface area contributed by atoms with E-state index in [1.165, 1.54) is 116 Å². The number of aromatic nitrogens is 4. The van der Waals surface area contributed by atoms with Crippen LogP contribution in [0.3, 0.4) is 0 Å². The second-order valence-electron chi connectivity index (χ2n) is 16.5. The number of fused-ring (bicyclic) bond motifs is 20. The zero-order valence-electron chi connectivity index (χ0n) is 31.9. The van der Waals surface area contributed by atoms with E-state index in [-0.39, 0.29) is 6.71 Å². The third-order valence-electron chi connectivity index (χ3n) is 13.5. The lowest BCUT2D eigenvalue weighted by molar-refractivity contribution is 0.669. The Hall–Kier alpha value is -7.70. The van der Waals surface area contributed by atoms with Gasteiger partial charge in [0.05, 0.1) is 38.5 Å². The van der Waals surface area contributed by atoms with E-state index >= 15 is 0 Å². The maximum Gasteiger partial charge on any atom is 0.258 e. The molecule has 13 aromatic rings. The second-order valence-corrected chi connectivity index (χ2v) is 16.5. The number of hydrogen-bond acceptors (Lipinski definition) is 1. The molecule has 5 nitrogen and oxygen atoms in total. The summed E-state index contributed by atoms with van der Waals surface area (Å²) in [4.78, 5) is 0. The molecule has 59 heavy (non-hydrogen) atoms. The molecule has 272 valence electrons. The van der Waals surface area contributed by atoms with Gasteiger partial charge in [0.1, 0.15) is 22.5 Å². The van der Waals surface area contributed by atoms with E-state index in [1.807, 2.05) is 0 Å². The van der Waals surface area contributed by atoms with Gasteiger partial charge in [0.2, 0.25) is 0 Å². The number of furan rings is 1. The minimum Gasteiger partial charge on any atom is -0.456 e. The molecule has 2 aliphatic heterocycles. The average molecular weight is 751 g/mol. The van der Waals surface area contributed by atoms with E-state index in [0.717, 1.165) is 16.6 Å². The summed E-state index contributed by atoms with van der Waals surface area (Å²) >= 11 is 0. The van der Waals surface area contributed by atoms with E-state index < -0.39 is 0 Å². The van der Waals surface area contributed by atoms with E-state index in [2.05, 4.69) is 195 Å². The van der Waals surface area contributed by atoms with Crippen molar-refractivity contribution in [3.05, 3.63) is 175 Å². The van der Waals surface area contributed by atoms with Gasteiger partial charge in [0, 0.05) is 22.3 Å². The van der Waals surface area contributed by atoms with Crippen molar-refractivity contribution < 1.29 is 4.42 Å². The van der Waals surface area contributed by atoms with Gasteiger partial charge in [-0.3, -0.25) is 17.9 Å². The number of benzene rings is 8. The fraction of sp³-hybridized carbons (Fsp3) is 0.0189. The third kappa shape index (κ3) is 3.53. The van der Waals surface area contributed by atoms with Gasteiger partial charge in [-0.15, -0.1) is 0 Å². The Balaban J connectivity index is 1.23. The monoisotopic (exact) mass is 750 g/mol. The molecule has 0 unspecified atom stereocenters. The van der Waals surface area contributed by atoms with Crippen LogP contribution in [-0.2, 0) is 0 Å². The molecule has 0 saturated carbocycles. The summed E-state index contributed by atoms with van der Waals surface area (Å²) in [5.41, 5.74) is 24.2. The lowest BCUT2D eigenvalue weighted by Gasteiger charge is -2.32. The van der Waals surface area contributed by atoms with Crippen LogP contribution in [0.25, 0.3) is 111 Å². The van der Waals surface area contributed by atoms with Crippen LogP contribution in [0.1, 0.15) is 5.56 Å². The van der Waals surface area contributed by atoms with Gasteiger partial charge in [-0.1, -0.05) is 103 Å². The Labute approximate surface area is 337 Å². The van der Waals surface area contributed by atoms with Crippen LogP contribution >= 0.6 is 0 Å². The number of nitrogens with zero attached hydrogens (tertiary/aromatic N) is 4. The molecule has 8 aromatic carbocycles. The molecule has 0 N–H and O–H groups in total. The fourth-order valence-electron chi connectivity index (χ4n) is 11.4. The van der Waals surface area contributed by atoms with Crippen molar-refractivity contribution in [1.82, 2.24) is 17.9 Å². The SMILES string of the molecule is Cc1cc2c3c(c1)-n1c4ccccc4n4c5c(ccc6oc7ccccc7c65)c(c14)B3c1c3cc(-c4ccccc4)cc(-c4ccccc4)c3n3c4ccccc4n-2c13. The summed E-state index contributed by atoms with van der Waals surface area (Å²) in [6.07, 6.45) is 0. The highest BCUT2D eigenvalue weighted by Crippen LogP contribution is 2.44. The quantitative estimate of drug-likeness (QED) is 0.162. The summed E-state index contributed by atoms with van der Waals surface area (Å²) in [5, 5.41) is 4.86. The van der Waals surface area contributed by atoms with Crippen LogP contribution in [0.15, 0.2) is 174 Å². The molecular formula is C53H31BN4O. The molecular weight excluding hydrogens is 719 g/mol. The molecule has 0 radical (unpaired) electrons. The molecule has 0 fully saturated rings. The summed E-state index contributed by atoms with van der Waals surface area (Å²) in [7, 11) is 0. The minimum absolute atomic E-state index is 0.0560. The first-order valence-electron chi connectivity index (χ1n) is 20.5. The van der Waals surface area contributed by atoms with Gasteiger partial charge >= 0.3 is 0 Å². The van der Waals surface area contributed by atoms with Gasteiger partial charge in [-0.05, 0) is 123 Å². The zero-order valence-corrected chi connectivity index (χ0v) is 31.9. The van der Waals surface area contributed by atoms with Crippen molar-refractivity contribution in [3.63, 3.8) is 0 Å². The Morgan fingerprint density at radius 3 is 1.69 bits per heavy atom. The van der Waals surface area contributed by atoms with E-state index in [4.69, 9.17) is 4.42 Å². The lowest BCUT2D eigenvalue weighted by atomic mass is 9.34. The van der Waals surface area contributed by atoms with Gasteiger partial charge < -0.3 is 4.42 Å². The number of imidazole rings is 2. The van der Waals surface area contributed by atoms with Crippen molar-refractivity contribution in [2.45, 2.75) is 6.92 Å². The topological polar surface area (TPSA) is 31.8 Å². The Kier molecular flexibility index (Phi) is 5.38. The normalized spacial score (nSPS) is 13.1. The predicted octanol–water partition coefficient (Wildman–Crippen LogP) is 11.1. The van der Waals surface area contributed by atoms with Crippen LogP contribution in [-0.4, -0.2) is 24.6 Å². The van der Waals surface area contributed by atoms with Crippen LogP contribution < -0.4 is 16.4 Å². The first-order chi connectivity index (χ1) is 29.2. The van der Waals surface area contributed by atoms with Gasteiger partial charge in [-0.25, -0.2) is 0 Å². The highest BCUT2D eigenvalue weighted by molar-refractivity contribution is 7.02. The van der Waals surface area contributed by atoms with Crippen LogP contribution in [0.5, 0.6) is 0 Å². The van der Waals surface area contributed by atoms with Gasteiger partial charge in [-0.2, -0.15) is 0 Å². The number of para-hydroxylation sites is 5. The first-order valence-corrected chi connectivity index (χ1v) is 20.5. The summed E-state index contributed by atoms with van der Waals surface area (Å²) in [6.45, 7) is 2.20. The predicted molar refractivity (Wildman–Crippen MR) is 245 cm³/mol. The lowest BCUT2D eigenvalue weighted by Crippen LogP contribution is -2.59. The minimum atomic E-state index is -0.0560. The van der Waals surface area contributed by atoms with Crippen LogP contribution in [0, 0.1) is 6.92 Å². The second kappa shape index (κ2) is 10.4. The van der Waals surface area contributed by atoms with Gasteiger partial charge in [0.25, 0.3) is 6.71 Å². The highest BCUT2D eigenvalue weighted by atomic mass is 16.3. The molecule has 0 aliphatic carbocycles. The third-order valence-corrected chi connectivity index (χ3v) is 13.5. The van der Waals surface area contributed by atoms with Gasteiger partial charge in [0.15, 0.2) is 0 Å². The zero-order chi connectivity index (χ0) is 38.2. The Morgan fingerprint density at radius 2 is 1.00 bits per heavy atom. The van der Waals surface area contributed by atoms with Crippen LogP contribution in [0.4, 0.5) is 0 Å². The molecule has 15 rings (SSSR count). The smallest absolute Gasteiger partial charge is 0.258 e. The molecule has 2 aliphatic rings. The Morgan fingerprint density at radius 1 is 0.424 bits per heavy atom. The van der Waals surface area contributed by atoms with E-state index in [9.17, 15) is 0 Å². The number of hydrogen-bond donors (Lipinski definition) is 0. The maximum atomic E-state index is 6.60. The fourth-order valence-corrected chi connectivity index (χ4v) is 11.4. The molecule has 6 heteroatoms. The molecule has 0 atom stereocenters. The molecule has 0 amide bonds. The average Bonchev–Trinajstić information content (AvgIpc) is 4.08. The van der Waals surface area contributed by atoms with Crippen LogP contribution in [0.2, 0.25) is 0 Å². The van der Waals surface area contributed by atoms with Crippen molar-refractivity contribution in [2.24, 2.45) is 0 Å². The standard InChI is InChI=1S/C53H31BN4O/c1-30-26-42-49-43(27-30)56-38-19-9-11-21-40(38)57-50-36(32-16-6-3-7-17-32)28-33(31-14-4-2-5-15-31)29-37(50)48(53(56)57)54(49)47-35-24-25-45-46(34-18-8-13-23-44(34)59-45)51(35)58-41-22-12-10-20-39(41)55(42)52(47)58/h2-29H,1H3. The number of rotatable bonds is 2. The number of aryl methyl sites for hydroxylation is 1. The molecule has 7 heterocycles. The van der Waals surface area contributed by atoms with Crippen molar-refractivity contribution in [1.29, 1.82) is 0 Å². The van der Waals surface area contributed by atoms with Crippen molar-refractivity contribution in [2.75, 3.05) is 0 Å². The maximum absolute atomic E-state index is 6.60. The molecule has 0 spiro atoms. The molecule has 0 saturated heterocycles. The molecule has 0 bridgehead atoms. The summed E-state index contributed by atoms with van der Waals surface area (Å²) in [5.74, 6) is 0. The summed E-state index contributed by atoms with van der Waals surface area (Å²) < 4.78 is 16.9. The highest BCUT2D eigenvalue weighted by Gasteiger charge is 2.45.